The van der Waals surface area contributed by atoms with Gasteiger partial charge in [0.1, 0.15) is 11.5 Å². The maximum absolute atomic E-state index is 13.0. The molecule has 0 saturated heterocycles. The van der Waals surface area contributed by atoms with Crippen LogP contribution in [-0.4, -0.2) is 48.6 Å². The van der Waals surface area contributed by atoms with Gasteiger partial charge in [-0.1, -0.05) is 0 Å². The topological polar surface area (TPSA) is 71.9 Å². The molecule has 0 spiro atoms. The molecule has 192 valence electrons. The molecule has 0 radical (unpaired) electrons. The van der Waals surface area contributed by atoms with Crippen molar-refractivity contribution in [1.29, 1.82) is 5.41 Å². The summed E-state index contributed by atoms with van der Waals surface area (Å²) in [6.07, 6.45) is 2.77. The first-order valence-corrected chi connectivity index (χ1v) is 13.6. The number of halogens is 2. The second-order valence-electron chi connectivity index (χ2n) is 8.71. The molecule has 1 amide bonds. The third-order valence-electron chi connectivity index (χ3n) is 5.30. The van der Waals surface area contributed by atoms with E-state index in [1.165, 1.54) is 0 Å². The Hall–Kier alpha value is -2.06. The fourth-order valence-electron chi connectivity index (χ4n) is 3.71. The lowest BCUT2D eigenvalue weighted by Crippen LogP contribution is -2.42. The predicted molar refractivity (Wildman–Crippen MR) is 148 cm³/mol. The summed E-state index contributed by atoms with van der Waals surface area (Å²) >= 11 is 7.13. The molecule has 0 fully saturated rings. The SMILES string of the molecule is CCOC(=N)c1ccc(OCCCCCOc2c(Br)cc(C(=O)N(C(C)C)C(C)C)cc2Br)cc1. The zero-order valence-corrected chi connectivity index (χ0v) is 24.4. The molecule has 0 aliphatic rings. The highest BCUT2D eigenvalue weighted by Crippen LogP contribution is 2.35. The van der Waals surface area contributed by atoms with Gasteiger partial charge in [-0.3, -0.25) is 10.2 Å². The maximum Gasteiger partial charge on any atom is 0.254 e. The predicted octanol–water partition coefficient (Wildman–Crippen LogP) is 7.46. The van der Waals surface area contributed by atoms with Crippen molar-refractivity contribution < 1.29 is 19.0 Å². The second-order valence-corrected chi connectivity index (χ2v) is 10.4. The lowest BCUT2D eigenvalue weighted by Gasteiger charge is -2.31. The molecule has 2 aromatic carbocycles. The molecule has 2 aromatic rings. The third-order valence-corrected chi connectivity index (χ3v) is 6.48. The van der Waals surface area contributed by atoms with Gasteiger partial charge in [-0.15, -0.1) is 0 Å². The summed E-state index contributed by atoms with van der Waals surface area (Å²) < 4.78 is 18.5. The Bertz CT molecular complexity index is 947. The second kappa shape index (κ2) is 14.5. The molecule has 1 N–H and O–H groups in total. The largest absolute Gasteiger partial charge is 0.494 e. The zero-order chi connectivity index (χ0) is 26.0. The Morgan fingerprint density at radius 3 is 1.94 bits per heavy atom. The van der Waals surface area contributed by atoms with Crippen molar-refractivity contribution in [2.24, 2.45) is 0 Å². The molecule has 0 saturated carbocycles. The van der Waals surface area contributed by atoms with Gasteiger partial charge in [0, 0.05) is 23.2 Å². The first-order valence-electron chi connectivity index (χ1n) is 12.0. The van der Waals surface area contributed by atoms with E-state index in [2.05, 4.69) is 31.9 Å². The molecule has 0 atom stereocenters. The summed E-state index contributed by atoms with van der Waals surface area (Å²) in [6.45, 7) is 11.6. The quantitative estimate of drug-likeness (QED) is 0.145. The lowest BCUT2D eigenvalue weighted by atomic mass is 10.1. The van der Waals surface area contributed by atoms with Crippen molar-refractivity contribution in [3.05, 3.63) is 56.5 Å². The maximum atomic E-state index is 13.0. The van der Waals surface area contributed by atoms with Crippen molar-refractivity contribution in [3.63, 3.8) is 0 Å². The van der Waals surface area contributed by atoms with Gasteiger partial charge in [-0.05, 0) is 122 Å². The molecule has 0 unspecified atom stereocenters. The number of unbranched alkanes of at least 4 members (excludes halogenated alkanes) is 2. The minimum atomic E-state index is 0.00477. The van der Waals surface area contributed by atoms with Crippen LogP contribution < -0.4 is 9.47 Å². The number of rotatable bonds is 13. The number of hydrogen-bond donors (Lipinski definition) is 1. The van der Waals surface area contributed by atoms with Crippen molar-refractivity contribution in [2.75, 3.05) is 19.8 Å². The van der Waals surface area contributed by atoms with E-state index in [1.54, 1.807) is 0 Å². The number of amides is 1. The molecular formula is C27H36Br2N2O4. The van der Waals surface area contributed by atoms with Crippen LogP contribution in [0.4, 0.5) is 0 Å². The van der Waals surface area contributed by atoms with Crippen molar-refractivity contribution >= 4 is 43.7 Å². The highest BCUT2D eigenvalue weighted by Gasteiger charge is 2.23. The summed E-state index contributed by atoms with van der Waals surface area (Å²) in [5, 5.41) is 7.80. The van der Waals surface area contributed by atoms with Gasteiger partial charge in [0.05, 0.1) is 28.8 Å². The summed E-state index contributed by atoms with van der Waals surface area (Å²) in [5.41, 5.74) is 1.36. The average Bonchev–Trinajstić information content (AvgIpc) is 2.79. The Morgan fingerprint density at radius 2 is 1.43 bits per heavy atom. The number of nitrogens with one attached hydrogen (secondary N) is 1. The summed E-state index contributed by atoms with van der Waals surface area (Å²) in [6, 6.07) is 11.3. The lowest BCUT2D eigenvalue weighted by molar-refractivity contribution is 0.0643. The van der Waals surface area contributed by atoms with Crippen LogP contribution in [0.5, 0.6) is 11.5 Å². The van der Waals surface area contributed by atoms with Crippen LogP contribution in [0.1, 0.15) is 69.8 Å². The number of carbonyl (C=O) groups excluding carboxylic acids is 1. The molecule has 0 aliphatic heterocycles. The van der Waals surface area contributed by atoms with E-state index in [0.717, 1.165) is 39.5 Å². The Morgan fingerprint density at radius 1 is 0.886 bits per heavy atom. The molecule has 2 rings (SSSR count). The van der Waals surface area contributed by atoms with Gasteiger partial charge in [0.25, 0.3) is 5.91 Å². The standard InChI is InChI=1S/C27H36Br2N2O4/c1-6-33-26(30)20-10-12-22(13-11-20)34-14-8-7-9-15-35-25-23(28)16-21(17-24(25)29)27(32)31(18(2)3)19(4)5/h10-13,16-19,30H,6-9,14-15H2,1-5H3. The van der Waals surface area contributed by atoms with Crippen molar-refractivity contribution in [1.82, 2.24) is 4.90 Å². The smallest absolute Gasteiger partial charge is 0.254 e. The van der Waals surface area contributed by atoms with Crippen LogP contribution in [0.2, 0.25) is 0 Å². The first kappa shape index (κ1) is 29.2. The molecular weight excluding hydrogens is 576 g/mol. The Balaban J connectivity index is 1.77. The van der Waals surface area contributed by atoms with Gasteiger partial charge in [-0.25, -0.2) is 0 Å². The molecule has 0 heterocycles. The zero-order valence-electron chi connectivity index (χ0n) is 21.2. The fourth-order valence-corrected chi connectivity index (χ4v) is 5.13. The average molecular weight is 612 g/mol. The highest BCUT2D eigenvalue weighted by molar-refractivity contribution is 9.11. The number of hydrogen-bond acceptors (Lipinski definition) is 5. The third kappa shape index (κ3) is 8.83. The van der Waals surface area contributed by atoms with E-state index in [1.807, 2.05) is 75.9 Å². The van der Waals surface area contributed by atoms with E-state index >= 15 is 0 Å². The van der Waals surface area contributed by atoms with E-state index in [4.69, 9.17) is 19.6 Å². The van der Waals surface area contributed by atoms with Crippen molar-refractivity contribution in [3.8, 4) is 11.5 Å². The van der Waals surface area contributed by atoms with Gasteiger partial charge in [0.2, 0.25) is 5.90 Å². The van der Waals surface area contributed by atoms with E-state index < -0.39 is 0 Å². The molecule has 0 aromatic heterocycles. The van der Waals surface area contributed by atoms with E-state index in [9.17, 15) is 4.79 Å². The molecule has 35 heavy (non-hydrogen) atoms. The molecule has 0 aliphatic carbocycles. The minimum Gasteiger partial charge on any atom is -0.494 e. The highest BCUT2D eigenvalue weighted by atomic mass is 79.9. The number of nitrogens with zero attached hydrogens (tertiary/aromatic N) is 1. The molecule has 6 nitrogen and oxygen atoms in total. The normalized spacial score (nSPS) is 11.0. The minimum absolute atomic E-state index is 0.00477. The van der Waals surface area contributed by atoms with Crippen molar-refractivity contribution in [2.45, 2.75) is 66.0 Å². The summed E-state index contributed by atoms with van der Waals surface area (Å²) in [4.78, 5) is 14.9. The number of benzene rings is 2. The van der Waals surface area contributed by atoms with Crippen LogP contribution >= 0.6 is 31.9 Å². The van der Waals surface area contributed by atoms with Crippen LogP contribution in [0.3, 0.4) is 0 Å². The molecule has 8 heteroatoms. The first-order chi connectivity index (χ1) is 16.6. The number of ether oxygens (including phenoxy) is 3. The van der Waals surface area contributed by atoms with Gasteiger partial charge in [-0.2, -0.15) is 0 Å². The van der Waals surface area contributed by atoms with E-state index in [-0.39, 0.29) is 23.9 Å². The summed E-state index contributed by atoms with van der Waals surface area (Å²) in [5.74, 6) is 1.67. The summed E-state index contributed by atoms with van der Waals surface area (Å²) in [7, 11) is 0. The number of carbonyl (C=O) groups is 1. The van der Waals surface area contributed by atoms with E-state index in [0.29, 0.717) is 31.1 Å². The fraction of sp³-hybridized carbons (Fsp3) is 0.481. The Kier molecular flexibility index (Phi) is 12.1. The monoisotopic (exact) mass is 610 g/mol. The Labute approximate surface area is 226 Å². The van der Waals surface area contributed by atoms with Gasteiger partial charge < -0.3 is 19.1 Å². The van der Waals surface area contributed by atoms with Crippen LogP contribution in [0.25, 0.3) is 0 Å². The van der Waals surface area contributed by atoms with Gasteiger partial charge >= 0.3 is 0 Å². The van der Waals surface area contributed by atoms with Gasteiger partial charge in [0.15, 0.2) is 0 Å². The molecule has 0 bridgehead atoms. The van der Waals surface area contributed by atoms with Crippen LogP contribution in [-0.2, 0) is 4.74 Å². The van der Waals surface area contributed by atoms with Crippen LogP contribution in [0.15, 0.2) is 45.3 Å². The van der Waals surface area contributed by atoms with Crippen LogP contribution in [0, 0.1) is 5.41 Å².